The van der Waals surface area contributed by atoms with Gasteiger partial charge in [0.1, 0.15) is 0 Å². The first-order chi connectivity index (χ1) is 7.29. The molecular formula is C5HF9O3. The number of alkyl halides is 9. The third-order valence-corrected chi connectivity index (χ3v) is 1.06. The predicted molar refractivity (Wildman–Crippen MR) is 29.1 cm³/mol. The van der Waals surface area contributed by atoms with Crippen LogP contribution in [0.25, 0.3) is 0 Å². The highest BCUT2D eigenvalue weighted by molar-refractivity contribution is 5.78. The molecule has 0 aliphatic rings. The Balaban J connectivity index is 4.95. The van der Waals surface area contributed by atoms with Crippen molar-refractivity contribution >= 4 is 5.97 Å². The van der Waals surface area contributed by atoms with Crippen molar-refractivity contribution in [3.05, 3.63) is 0 Å². The Morgan fingerprint density at radius 2 is 1.35 bits per heavy atom. The molecular weight excluding hydrogens is 279 g/mol. The zero-order valence-electron chi connectivity index (χ0n) is 7.20. The van der Waals surface area contributed by atoms with Crippen LogP contribution in [-0.4, -0.2) is 31.0 Å². The van der Waals surface area contributed by atoms with Crippen LogP contribution in [0.3, 0.4) is 0 Å². The van der Waals surface area contributed by atoms with Crippen LogP contribution in [0.2, 0.25) is 0 Å². The quantitative estimate of drug-likeness (QED) is 0.586. The highest BCUT2D eigenvalue weighted by Crippen LogP contribution is 2.40. The first kappa shape index (κ1) is 15.8. The van der Waals surface area contributed by atoms with Gasteiger partial charge in [0.15, 0.2) is 0 Å². The van der Waals surface area contributed by atoms with Gasteiger partial charge in [0.05, 0.1) is 0 Å². The standard InChI is InChI=1S/C5HF9O3/c6-2(7)16-1(15)3(8,9)4(10,11)17-5(12,13)14/h2H. The van der Waals surface area contributed by atoms with Gasteiger partial charge in [-0.1, -0.05) is 0 Å². The molecule has 0 saturated heterocycles. The highest BCUT2D eigenvalue weighted by Gasteiger charge is 2.69. The minimum Gasteiger partial charge on any atom is -0.398 e. The number of carbonyl (C=O) groups is 1. The van der Waals surface area contributed by atoms with Crippen molar-refractivity contribution in [2.24, 2.45) is 0 Å². The molecule has 0 atom stereocenters. The van der Waals surface area contributed by atoms with Crippen LogP contribution in [0.4, 0.5) is 39.5 Å². The van der Waals surface area contributed by atoms with Crippen LogP contribution in [0.1, 0.15) is 0 Å². The van der Waals surface area contributed by atoms with Gasteiger partial charge in [0.25, 0.3) is 0 Å². The molecule has 0 radical (unpaired) electrons. The van der Waals surface area contributed by atoms with E-state index < -0.39 is 31.0 Å². The lowest BCUT2D eigenvalue weighted by Crippen LogP contribution is -2.52. The minimum atomic E-state index is -6.38. The third kappa shape index (κ3) is 4.28. The largest absolute Gasteiger partial charge is 0.527 e. The second-order valence-electron chi connectivity index (χ2n) is 2.30. The number of halogens is 9. The van der Waals surface area contributed by atoms with Crippen molar-refractivity contribution in [1.82, 2.24) is 0 Å². The first-order valence-electron chi connectivity index (χ1n) is 3.31. The molecule has 0 rings (SSSR count). The Kier molecular flexibility index (Phi) is 4.26. The molecule has 0 aliphatic heterocycles. The summed E-state index contributed by atoms with van der Waals surface area (Å²) in [5.74, 6) is -9.78. The van der Waals surface area contributed by atoms with E-state index in [1.165, 1.54) is 0 Å². The summed E-state index contributed by atoms with van der Waals surface area (Å²) in [4.78, 5) is 10.0. The average Bonchev–Trinajstić information content (AvgIpc) is 1.97. The van der Waals surface area contributed by atoms with Gasteiger partial charge in [-0.25, -0.2) is 9.53 Å². The van der Waals surface area contributed by atoms with Gasteiger partial charge in [-0.2, -0.15) is 26.3 Å². The maximum atomic E-state index is 12.3. The zero-order chi connectivity index (χ0) is 14.1. The highest BCUT2D eigenvalue weighted by atomic mass is 19.4. The van der Waals surface area contributed by atoms with Gasteiger partial charge in [0.2, 0.25) is 0 Å². The Morgan fingerprint density at radius 3 is 1.65 bits per heavy atom. The summed E-state index contributed by atoms with van der Waals surface area (Å²) >= 11 is 0. The fourth-order valence-corrected chi connectivity index (χ4v) is 0.483. The second-order valence-corrected chi connectivity index (χ2v) is 2.30. The van der Waals surface area contributed by atoms with E-state index in [1.807, 2.05) is 0 Å². The third-order valence-electron chi connectivity index (χ3n) is 1.06. The summed E-state index contributed by atoms with van der Waals surface area (Å²) < 4.78 is 109. The lowest BCUT2D eigenvalue weighted by molar-refractivity contribution is -0.460. The molecule has 0 N–H and O–H groups in total. The van der Waals surface area contributed by atoms with E-state index in [2.05, 4.69) is 4.74 Å². The number of carbonyl (C=O) groups excluding carboxylic acids is 1. The van der Waals surface area contributed by atoms with Crippen molar-refractivity contribution in [2.75, 3.05) is 0 Å². The average molecular weight is 280 g/mol. The van der Waals surface area contributed by atoms with Crippen molar-refractivity contribution in [1.29, 1.82) is 0 Å². The second kappa shape index (κ2) is 4.58. The molecule has 0 fully saturated rings. The molecule has 0 spiro atoms. The summed E-state index contributed by atoms with van der Waals surface area (Å²) in [6.07, 6.45) is -12.6. The SMILES string of the molecule is O=C(OC(F)F)C(F)(F)C(F)(F)OC(F)(F)F. The molecule has 12 heteroatoms. The summed E-state index contributed by atoms with van der Waals surface area (Å²) in [7, 11) is 0. The van der Waals surface area contributed by atoms with E-state index in [9.17, 15) is 44.3 Å². The number of rotatable bonds is 4. The Bertz CT molecular complexity index is 283. The number of esters is 1. The van der Waals surface area contributed by atoms with E-state index >= 15 is 0 Å². The summed E-state index contributed by atoms with van der Waals surface area (Å²) in [6.45, 7) is -4.20. The smallest absolute Gasteiger partial charge is 0.398 e. The van der Waals surface area contributed by atoms with E-state index in [1.54, 1.807) is 4.74 Å². The Morgan fingerprint density at radius 1 is 0.941 bits per heavy atom. The minimum absolute atomic E-state index is 1.66. The number of hydrogen-bond acceptors (Lipinski definition) is 3. The first-order valence-corrected chi connectivity index (χ1v) is 3.31. The van der Waals surface area contributed by atoms with Crippen LogP contribution in [0.15, 0.2) is 0 Å². The van der Waals surface area contributed by atoms with E-state index in [4.69, 9.17) is 0 Å². The molecule has 0 bridgehead atoms. The van der Waals surface area contributed by atoms with Gasteiger partial charge in [-0.15, -0.1) is 13.2 Å². The monoisotopic (exact) mass is 280 g/mol. The summed E-state index contributed by atoms with van der Waals surface area (Å²) in [5, 5.41) is 0. The van der Waals surface area contributed by atoms with Gasteiger partial charge in [0, 0.05) is 0 Å². The molecule has 0 amide bonds. The normalized spacial score (nSPS) is 14.0. The molecule has 0 aromatic heterocycles. The van der Waals surface area contributed by atoms with Crippen LogP contribution in [0, 0.1) is 0 Å². The van der Waals surface area contributed by atoms with Crippen molar-refractivity contribution in [3.63, 3.8) is 0 Å². The zero-order valence-corrected chi connectivity index (χ0v) is 7.20. The van der Waals surface area contributed by atoms with Crippen molar-refractivity contribution in [2.45, 2.75) is 25.0 Å². The predicted octanol–water partition coefficient (Wildman–Crippen LogP) is 2.52. The van der Waals surface area contributed by atoms with Gasteiger partial charge in [-0.3, -0.25) is 0 Å². The van der Waals surface area contributed by atoms with Crippen LogP contribution < -0.4 is 0 Å². The molecule has 0 saturated carbocycles. The molecule has 0 unspecified atom stereocenters. The van der Waals surface area contributed by atoms with Crippen molar-refractivity contribution < 1.29 is 53.8 Å². The summed E-state index contributed by atoms with van der Waals surface area (Å²) in [6, 6.07) is 0. The van der Waals surface area contributed by atoms with E-state index in [0.29, 0.717) is 0 Å². The fraction of sp³-hybridized carbons (Fsp3) is 0.800. The van der Waals surface area contributed by atoms with Crippen LogP contribution in [0.5, 0.6) is 0 Å². The van der Waals surface area contributed by atoms with Gasteiger partial charge in [-0.05, 0) is 0 Å². The molecule has 102 valence electrons. The molecule has 17 heavy (non-hydrogen) atoms. The number of ether oxygens (including phenoxy) is 2. The maximum Gasteiger partial charge on any atom is 0.527 e. The topological polar surface area (TPSA) is 35.5 Å². The van der Waals surface area contributed by atoms with Gasteiger partial charge < -0.3 is 4.74 Å². The summed E-state index contributed by atoms with van der Waals surface area (Å²) in [5.41, 5.74) is 0. The lowest BCUT2D eigenvalue weighted by Gasteiger charge is -2.24. The van der Waals surface area contributed by atoms with E-state index in [0.717, 1.165) is 0 Å². The van der Waals surface area contributed by atoms with Crippen LogP contribution in [-0.2, 0) is 14.3 Å². The number of hydrogen-bond donors (Lipinski definition) is 0. The van der Waals surface area contributed by atoms with Gasteiger partial charge >= 0.3 is 31.0 Å². The maximum absolute atomic E-state index is 12.3. The fourth-order valence-electron chi connectivity index (χ4n) is 0.483. The van der Waals surface area contributed by atoms with E-state index in [-0.39, 0.29) is 0 Å². The molecule has 3 nitrogen and oxygen atoms in total. The lowest BCUT2D eigenvalue weighted by atomic mass is 10.3. The molecule has 0 heterocycles. The molecule has 0 aliphatic carbocycles. The Labute approximate surface area is 86.1 Å². The Hall–Kier alpha value is -1.20. The molecule has 0 aromatic rings. The van der Waals surface area contributed by atoms with Crippen molar-refractivity contribution in [3.8, 4) is 0 Å². The van der Waals surface area contributed by atoms with Crippen LogP contribution >= 0.6 is 0 Å². The molecule has 0 aromatic carbocycles.